The van der Waals surface area contributed by atoms with E-state index in [4.69, 9.17) is 4.74 Å². The van der Waals surface area contributed by atoms with Gasteiger partial charge >= 0.3 is 11.9 Å². The summed E-state index contributed by atoms with van der Waals surface area (Å²) in [5.41, 5.74) is 0.916. The molecular weight excluding hydrogens is 230 g/mol. The Labute approximate surface area is 97.8 Å². The van der Waals surface area contributed by atoms with Gasteiger partial charge in [-0.15, -0.1) is 11.8 Å². The molecule has 0 N–H and O–H groups in total. The van der Waals surface area contributed by atoms with Gasteiger partial charge in [0.25, 0.3) is 0 Å². The molecule has 0 saturated carbocycles. The minimum absolute atomic E-state index is 0.00606. The van der Waals surface area contributed by atoms with Gasteiger partial charge in [0.15, 0.2) is 0 Å². The molecule has 1 saturated heterocycles. The summed E-state index contributed by atoms with van der Waals surface area (Å²) in [6, 6.07) is 0.00606. The first-order chi connectivity index (χ1) is 7.69. The van der Waals surface area contributed by atoms with Gasteiger partial charge in [-0.05, 0) is 0 Å². The SMILES string of the molecule is COC(=O)C1=C(C(=O)OC)[C@H]2CSCN2C1. The zero-order valence-corrected chi connectivity index (χ0v) is 10.0. The summed E-state index contributed by atoms with van der Waals surface area (Å²) in [4.78, 5) is 25.3. The van der Waals surface area contributed by atoms with Crippen molar-refractivity contribution in [3.8, 4) is 0 Å². The van der Waals surface area contributed by atoms with Crippen LogP contribution in [0.4, 0.5) is 0 Å². The number of carbonyl (C=O) groups is 2. The van der Waals surface area contributed by atoms with Crippen LogP contribution >= 0.6 is 11.8 Å². The lowest BCUT2D eigenvalue weighted by atomic mass is 10.1. The molecule has 0 spiro atoms. The van der Waals surface area contributed by atoms with Crippen molar-refractivity contribution in [3.63, 3.8) is 0 Å². The Hall–Kier alpha value is -1.01. The van der Waals surface area contributed by atoms with Crippen LogP contribution < -0.4 is 0 Å². The van der Waals surface area contributed by atoms with Crippen LogP contribution in [0.1, 0.15) is 0 Å². The normalized spacial score (nSPS) is 24.5. The van der Waals surface area contributed by atoms with E-state index in [1.165, 1.54) is 14.2 Å². The lowest BCUT2D eigenvalue weighted by Crippen LogP contribution is -2.29. The summed E-state index contributed by atoms with van der Waals surface area (Å²) in [5, 5.41) is 0. The minimum atomic E-state index is -0.431. The Kier molecular flexibility index (Phi) is 3.20. The van der Waals surface area contributed by atoms with Crippen LogP contribution in [0.25, 0.3) is 0 Å². The summed E-state index contributed by atoms with van der Waals surface area (Å²) in [7, 11) is 2.65. The largest absolute Gasteiger partial charge is 0.466 e. The van der Waals surface area contributed by atoms with Crippen molar-refractivity contribution in [3.05, 3.63) is 11.1 Å². The number of rotatable bonds is 2. The fraction of sp³-hybridized carbons (Fsp3) is 0.600. The van der Waals surface area contributed by atoms with E-state index >= 15 is 0 Å². The molecule has 0 radical (unpaired) electrons. The number of ether oxygens (including phenoxy) is 2. The number of esters is 2. The molecule has 0 unspecified atom stereocenters. The smallest absolute Gasteiger partial charge is 0.335 e. The molecule has 5 nitrogen and oxygen atoms in total. The van der Waals surface area contributed by atoms with Crippen LogP contribution in [0.3, 0.4) is 0 Å². The maximum Gasteiger partial charge on any atom is 0.335 e. The average molecular weight is 243 g/mol. The topological polar surface area (TPSA) is 55.8 Å². The van der Waals surface area contributed by atoms with E-state index in [0.29, 0.717) is 17.7 Å². The minimum Gasteiger partial charge on any atom is -0.466 e. The van der Waals surface area contributed by atoms with Crippen molar-refractivity contribution < 1.29 is 19.1 Å². The van der Waals surface area contributed by atoms with Crippen LogP contribution in [0.2, 0.25) is 0 Å². The number of carbonyl (C=O) groups excluding carboxylic acids is 2. The number of methoxy groups -OCH3 is 2. The molecule has 6 heteroatoms. The van der Waals surface area contributed by atoms with Gasteiger partial charge in [-0.25, -0.2) is 9.59 Å². The molecule has 1 atom stereocenters. The molecule has 2 rings (SSSR count). The third-order valence-corrected chi connectivity index (χ3v) is 3.90. The van der Waals surface area contributed by atoms with Gasteiger partial charge in [0, 0.05) is 18.2 Å². The molecule has 0 bridgehead atoms. The van der Waals surface area contributed by atoms with Crippen LogP contribution in [0, 0.1) is 0 Å². The molecular formula is C10H13NO4S. The van der Waals surface area contributed by atoms with E-state index in [1.54, 1.807) is 11.8 Å². The molecule has 2 heterocycles. The van der Waals surface area contributed by atoms with E-state index < -0.39 is 11.9 Å². The number of fused-ring (bicyclic) bond motifs is 1. The predicted octanol–water partition coefficient (Wildman–Crippen LogP) is 0.0175. The van der Waals surface area contributed by atoms with Crippen molar-refractivity contribution in [1.82, 2.24) is 4.90 Å². The molecule has 1 fully saturated rings. The summed E-state index contributed by atoms with van der Waals surface area (Å²) in [6.45, 7) is 0.481. The van der Waals surface area contributed by atoms with E-state index in [1.807, 2.05) is 0 Å². The van der Waals surface area contributed by atoms with Crippen LogP contribution in [-0.2, 0) is 19.1 Å². The molecule has 0 amide bonds. The highest BCUT2D eigenvalue weighted by Crippen LogP contribution is 2.34. The number of nitrogens with zero attached hydrogens (tertiary/aromatic N) is 1. The fourth-order valence-corrected chi connectivity index (χ4v) is 3.27. The molecule has 0 aromatic carbocycles. The van der Waals surface area contributed by atoms with Crippen molar-refractivity contribution in [1.29, 1.82) is 0 Å². The first kappa shape index (κ1) is 11.5. The summed E-state index contributed by atoms with van der Waals surface area (Å²) in [5.74, 6) is 0.812. The maximum absolute atomic E-state index is 11.7. The highest BCUT2D eigenvalue weighted by Gasteiger charge is 2.42. The average Bonchev–Trinajstić information content (AvgIpc) is 2.86. The van der Waals surface area contributed by atoms with Gasteiger partial charge in [0.1, 0.15) is 0 Å². The zero-order chi connectivity index (χ0) is 11.7. The number of hydrogen-bond acceptors (Lipinski definition) is 6. The second-order valence-electron chi connectivity index (χ2n) is 3.64. The fourth-order valence-electron chi connectivity index (χ4n) is 2.05. The molecule has 2 aliphatic heterocycles. The van der Waals surface area contributed by atoms with Crippen LogP contribution in [0.5, 0.6) is 0 Å². The number of thioether (sulfide) groups is 1. The van der Waals surface area contributed by atoms with E-state index in [2.05, 4.69) is 9.64 Å². The van der Waals surface area contributed by atoms with Crippen LogP contribution in [0.15, 0.2) is 11.1 Å². The van der Waals surface area contributed by atoms with Gasteiger partial charge in [0.2, 0.25) is 0 Å². The third-order valence-electron chi connectivity index (χ3n) is 2.83. The standard InChI is InChI=1S/C10H13NO4S/c1-14-9(12)6-3-11-5-16-4-7(11)8(6)10(13)15-2/h7H,3-5H2,1-2H3/t7-/m1/s1. The van der Waals surface area contributed by atoms with E-state index in [0.717, 1.165) is 11.6 Å². The van der Waals surface area contributed by atoms with E-state index in [9.17, 15) is 9.59 Å². The monoisotopic (exact) mass is 243 g/mol. The summed E-state index contributed by atoms with van der Waals surface area (Å²) in [6.07, 6.45) is 0. The second kappa shape index (κ2) is 4.47. The van der Waals surface area contributed by atoms with Gasteiger partial charge in [-0.3, -0.25) is 4.90 Å². The third kappa shape index (κ3) is 1.72. The first-order valence-electron chi connectivity index (χ1n) is 4.90. The van der Waals surface area contributed by atoms with Gasteiger partial charge < -0.3 is 9.47 Å². The predicted molar refractivity (Wildman–Crippen MR) is 58.9 cm³/mol. The highest BCUT2D eigenvalue weighted by atomic mass is 32.2. The molecule has 2 aliphatic rings. The Balaban J connectivity index is 2.34. The molecule has 16 heavy (non-hydrogen) atoms. The Morgan fingerprint density at radius 2 is 2.00 bits per heavy atom. The van der Waals surface area contributed by atoms with Gasteiger partial charge in [-0.1, -0.05) is 0 Å². The van der Waals surface area contributed by atoms with Crippen molar-refractivity contribution >= 4 is 23.7 Å². The van der Waals surface area contributed by atoms with Crippen molar-refractivity contribution in [2.75, 3.05) is 32.4 Å². The van der Waals surface area contributed by atoms with Crippen LogP contribution in [-0.4, -0.2) is 55.3 Å². The van der Waals surface area contributed by atoms with Crippen molar-refractivity contribution in [2.45, 2.75) is 6.04 Å². The van der Waals surface area contributed by atoms with Crippen molar-refractivity contribution in [2.24, 2.45) is 0 Å². The zero-order valence-electron chi connectivity index (χ0n) is 9.19. The van der Waals surface area contributed by atoms with E-state index in [-0.39, 0.29) is 6.04 Å². The highest BCUT2D eigenvalue weighted by molar-refractivity contribution is 7.99. The summed E-state index contributed by atoms with van der Waals surface area (Å²) < 4.78 is 9.41. The quantitative estimate of drug-likeness (QED) is 0.637. The molecule has 0 aromatic heterocycles. The molecule has 0 aromatic rings. The lowest BCUT2D eigenvalue weighted by Gasteiger charge is -2.14. The van der Waals surface area contributed by atoms with Gasteiger partial charge in [0.05, 0.1) is 31.4 Å². The lowest BCUT2D eigenvalue weighted by molar-refractivity contribution is -0.139. The maximum atomic E-state index is 11.7. The Morgan fingerprint density at radius 3 is 2.62 bits per heavy atom. The number of hydrogen-bond donors (Lipinski definition) is 0. The Morgan fingerprint density at radius 1 is 1.31 bits per heavy atom. The molecule has 0 aliphatic carbocycles. The van der Waals surface area contributed by atoms with Gasteiger partial charge in [-0.2, -0.15) is 0 Å². The Bertz CT molecular complexity index is 366. The molecule has 88 valence electrons. The summed E-state index contributed by atoms with van der Waals surface area (Å²) >= 11 is 1.75. The second-order valence-corrected chi connectivity index (χ2v) is 4.64. The first-order valence-corrected chi connectivity index (χ1v) is 6.06.